The molecule has 0 bridgehead atoms. The first kappa shape index (κ1) is 27.7. The van der Waals surface area contributed by atoms with Crippen molar-refractivity contribution in [3.8, 4) is 11.1 Å². The topological polar surface area (TPSA) is 0 Å². The van der Waals surface area contributed by atoms with E-state index >= 15 is 8.78 Å². The fourth-order valence-electron chi connectivity index (χ4n) is 6.39. The highest BCUT2D eigenvalue weighted by atomic mass is 19.2. The predicted molar refractivity (Wildman–Crippen MR) is 144 cm³/mol. The van der Waals surface area contributed by atoms with E-state index < -0.39 is 23.3 Å². The average Bonchev–Trinajstić information content (AvgIpc) is 2.92. The molecule has 0 nitrogen and oxygen atoms in total. The summed E-state index contributed by atoms with van der Waals surface area (Å²) in [6.45, 7) is 4.14. The van der Waals surface area contributed by atoms with Crippen molar-refractivity contribution in [1.82, 2.24) is 0 Å². The van der Waals surface area contributed by atoms with Gasteiger partial charge in [-0.1, -0.05) is 74.3 Å². The molecular formula is C33H40F4. The van der Waals surface area contributed by atoms with Crippen molar-refractivity contribution in [2.24, 2.45) is 11.8 Å². The summed E-state index contributed by atoms with van der Waals surface area (Å²) in [6, 6.07) is 5.90. The molecule has 0 aliphatic heterocycles. The largest absolute Gasteiger partial charge is 0.203 e. The Hall–Kier alpha value is -2.36. The van der Waals surface area contributed by atoms with Crippen LogP contribution in [0.2, 0.25) is 0 Å². The smallest absolute Gasteiger partial charge is 0.167 e. The average molecular weight is 513 g/mol. The van der Waals surface area contributed by atoms with Gasteiger partial charge in [0.25, 0.3) is 0 Å². The maximum Gasteiger partial charge on any atom is 0.167 e. The summed E-state index contributed by atoms with van der Waals surface area (Å²) in [5.41, 5.74) is 1.65. The van der Waals surface area contributed by atoms with Crippen LogP contribution < -0.4 is 0 Å². The lowest BCUT2D eigenvalue weighted by atomic mass is 9.70. The molecule has 1 atom stereocenters. The number of unbranched alkanes of at least 4 members (excludes halogenated alkanes) is 3. The summed E-state index contributed by atoms with van der Waals surface area (Å²) >= 11 is 0. The van der Waals surface area contributed by atoms with Crippen LogP contribution in [0.15, 0.2) is 48.1 Å². The van der Waals surface area contributed by atoms with E-state index in [4.69, 9.17) is 0 Å². The van der Waals surface area contributed by atoms with E-state index in [-0.39, 0.29) is 22.6 Å². The van der Waals surface area contributed by atoms with Gasteiger partial charge >= 0.3 is 0 Å². The molecule has 2 aromatic rings. The summed E-state index contributed by atoms with van der Waals surface area (Å²) in [5, 5.41) is 0. The van der Waals surface area contributed by atoms with Crippen molar-refractivity contribution in [3.05, 3.63) is 82.5 Å². The first-order chi connectivity index (χ1) is 17.9. The molecule has 0 spiro atoms. The minimum Gasteiger partial charge on any atom is -0.203 e. The fourth-order valence-corrected chi connectivity index (χ4v) is 6.39. The molecule has 0 N–H and O–H groups in total. The van der Waals surface area contributed by atoms with Crippen LogP contribution in [-0.2, 0) is 6.42 Å². The number of rotatable bonds is 9. The normalized spacial score (nSPS) is 22.4. The molecule has 0 saturated heterocycles. The third kappa shape index (κ3) is 6.38. The summed E-state index contributed by atoms with van der Waals surface area (Å²) in [5.74, 6) is -2.78. The van der Waals surface area contributed by atoms with Gasteiger partial charge < -0.3 is 0 Å². The monoisotopic (exact) mass is 512 g/mol. The molecule has 0 aromatic heterocycles. The minimum absolute atomic E-state index is 0.0374. The van der Waals surface area contributed by atoms with Gasteiger partial charge in [0.2, 0.25) is 0 Å². The summed E-state index contributed by atoms with van der Waals surface area (Å²) < 4.78 is 60.1. The van der Waals surface area contributed by atoms with E-state index in [1.807, 2.05) is 6.92 Å². The van der Waals surface area contributed by atoms with E-state index in [0.717, 1.165) is 64.2 Å². The fraction of sp³-hybridized carbons (Fsp3) is 0.515. The second kappa shape index (κ2) is 12.9. The van der Waals surface area contributed by atoms with E-state index in [0.29, 0.717) is 23.8 Å². The van der Waals surface area contributed by atoms with Crippen LogP contribution in [0.1, 0.15) is 102 Å². The molecule has 4 heteroatoms. The predicted octanol–water partition coefficient (Wildman–Crippen LogP) is 10.6. The Balaban J connectivity index is 1.43. The molecule has 0 heterocycles. The van der Waals surface area contributed by atoms with Crippen molar-refractivity contribution in [2.75, 3.05) is 0 Å². The number of halogens is 4. The van der Waals surface area contributed by atoms with Gasteiger partial charge in [0, 0.05) is 11.1 Å². The van der Waals surface area contributed by atoms with Gasteiger partial charge in [-0.25, -0.2) is 17.6 Å². The Morgan fingerprint density at radius 3 is 2.11 bits per heavy atom. The van der Waals surface area contributed by atoms with Crippen LogP contribution in [0.4, 0.5) is 17.6 Å². The number of benzene rings is 2. The molecule has 0 amide bonds. The van der Waals surface area contributed by atoms with E-state index in [2.05, 4.69) is 25.2 Å². The second-order valence-electron chi connectivity index (χ2n) is 11.0. The third-order valence-electron chi connectivity index (χ3n) is 8.61. The van der Waals surface area contributed by atoms with Crippen LogP contribution in [0.5, 0.6) is 0 Å². The molecule has 0 radical (unpaired) electrons. The maximum absolute atomic E-state index is 15.2. The van der Waals surface area contributed by atoms with Crippen LogP contribution in [0, 0.1) is 35.1 Å². The molecular weight excluding hydrogens is 472 g/mol. The van der Waals surface area contributed by atoms with Crippen molar-refractivity contribution < 1.29 is 17.6 Å². The lowest BCUT2D eigenvalue weighted by molar-refractivity contribution is 0.216. The highest BCUT2D eigenvalue weighted by Crippen LogP contribution is 2.44. The molecule has 1 saturated carbocycles. The number of allylic oxidation sites excluding steroid dienone is 4. The Kier molecular flexibility index (Phi) is 9.67. The van der Waals surface area contributed by atoms with Crippen molar-refractivity contribution in [3.63, 3.8) is 0 Å². The van der Waals surface area contributed by atoms with E-state index in [1.54, 1.807) is 6.07 Å². The number of aryl methyl sites for hydroxylation is 1. The second-order valence-corrected chi connectivity index (χ2v) is 11.0. The number of hydrogen-bond acceptors (Lipinski definition) is 0. The first-order valence-electron chi connectivity index (χ1n) is 14.2. The third-order valence-corrected chi connectivity index (χ3v) is 8.61. The zero-order valence-corrected chi connectivity index (χ0v) is 22.3. The van der Waals surface area contributed by atoms with Gasteiger partial charge in [-0.3, -0.25) is 0 Å². The Bertz CT molecular complexity index is 1120. The SMILES string of the molecule is CC=CC1=CCC(C2CCC(c3ccc(-c4ccc(CCCCCC)c(F)c4F)c(F)c3F)CC2)CC1. The summed E-state index contributed by atoms with van der Waals surface area (Å²) in [7, 11) is 0. The minimum atomic E-state index is -1.10. The van der Waals surface area contributed by atoms with Crippen LogP contribution in [-0.4, -0.2) is 0 Å². The zero-order chi connectivity index (χ0) is 26.4. The highest BCUT2D eigenvalue weighted by molar-refractivity contribution is 5.66. The first-order valence-corrected chi connectivity index (χ1v) is 14.2. The van der Waals surface area contributed by atoms with Crippen LogP contribution in [0.3, 0.4) is 0 Å². The Morgan fingerprint density at radius 1 is 0.757 bits per heavy atom. The lowest BCUT2D eigenvalue weighted by Gasteiger charge is -2.35. The maximum atomic E-state index is 15.2. The Morgan fingerprint density at radius 2 is 1.46 bits per heavy atom. The molecule has 1 fully saturated rings. The molecule has 200 valence electrons. The Labute approximate surface area is 219 Å². The van der Waals surface area contributed by atoms with Gasteiger partial charge in [-0.2, -0.15) is 0 Å². The molecule has 4 rings (SSSR count). The van der Waals surface area contributed by atoms with E-state index in [1.165, 1.54) is 30.2 Å². The van der Waals surface area contributed by atoms with Crippen molar-refractivity contribution in [1.29, 1.82) is 0 Å². The van der Waals surface area contributed by atoms with Gasteiger partial charge in [-0.15, -0.1) is 0 Å². The van der Waals surface area contributed by atoms with Crippen LogP contribution in [0.25, 0.3) is 11.1 Å². The van der Waals surface area contributed by atoms with Crippen molar-refractivity contribution >= 4 is 0 Å². The summed E-state index contributed by atoms with van der Waals surface area (Å²) in [4.78, 5) is 0. The molecule has 2 aliphatic rings. The lowest BCUT2D eigenvalue weighted by Crippen LogP contribution is -2.23. The number of hydrogen-bond donors (Lipinski definition) is 0. The molecule has 37 heavy (non-hydrogen) atoms. The summed E-state index contributed by atoms with van der Waals surface area (Å²) in [6.07, 6.45) is 18.0. The van der Waals surface area contributed by atoms with Crippen molar-refractivity contribution in [2.45, 2.75) is 96.8 Å². The highest BCUT2D eigenvalue weighted by Gasteiger charge is 2.31. The van der Waals surface area contributed by atoms with Crippen LogP contribution >= 0.6 is 0 Å². The molecule has 2 aromatic carbocycles. The van der Waals surface area contributed by atoms with Gasteiger partial charge in [0.15, 0.2) is 23.3 Å². The quantitative estimate of drug-likeness (QED) is 0.231. The standard InChI is InChI=1S/C33H40F4/c1-3-5-6-7-9-26-18-19-28(32(36)30(26)34)29-21-20-27(31(35)33(29)37)25-16-14-24(15-17-25)23-12-10-22(8-4-2)11-13-23/h4,8,10,18-21,23-25H,3,5-7,9,11-17H2,1-2H3. The van der Waals surface area contributed by atoms with E-state index in [9.17, 15) is 8.78 Å². The van der Waals surface area contributed by atoms with Gasteiger partial charge in [0.1, 0.15) is 0 Å². The molecule has 2 aliphatic carbocycles. The van der Waals surface area contributed by atoms with Gasteiger partial charge in [-0.05, 0) is 93.6 Å². The molecule has 1 unspecified atom stereocenters. The van der Waals surface area contributed by atoms with Gasteiger partial charge in [0.05, 0.1) is 0 Å². The zero-order valence-electron chi connectivity index (χ0n) is 22.3.